The van der Waals surface area contributed by atoms with Crippen molar-refractivity contribution in [3.63, 3.8) is 0 Å². The molecule has 4 rings (SSSR count). The van der Waals surface area contributed by atoms with Gasteiger partial charge in [-0.2, -0.15) is 0 Å². The summed E-state index contributed by atoms with van der Waals surface area (Å²) in [7, 11) is 1.67. The van der Waals surface area contributed by atoms with Crippen molar-refractivity contribution < 1.29 is 14.1 Å². The first-order valence-electron chi connectivity index (χ1n) is 8.57. The second-order valence-electron chi connectivity index (χ2n) is 6.24. The maximum absolute atomic E-state index is 6.17. The van der Waals surface area contributed by atoms with Crippen LogP contribution in [0.3, 0.4) is 0 Å². The quantitative estimate of drug-likeness (QED) is 0.616. The summed E-state index contributed by atoms with van der Waals surface area (Å²) in [4.78, 5) is 3.52. The first-order valence-corrected chi connectivity index (χ1v) is 8.57. The van der Waals surface area contributed by atoms with Crippen LogP contribution < -0.4 is 15.1 Å². The highest BCUT2D eigenvalue weighted by Crippen LogP contribution is 2.24. The predicted octanol–water partition coefficient (Wildman–Crippen LogP) is 3.73. The Bertz CT molecular complexity index is 1110. The van der Waals surface area contributed by atoms with Crippen molar-refractivity contribution in [3.8, 4) is 17.1 Å². The van der Waals surface area contributed by atoms with Gasteiger partial charge in [0.05, 0.1) is 18.6 Å². The number of fused-ring (bicyclic) bond motifs is 1. The number of methoxy groups -OCH3 is 1. The molecule has 0 radical (unpaired) electrons. The van der Waals surface area contributed by atoms with Crippen LogP contribution in [0.15, 0.2) is 83.3 Å². The summed E-state index contributed by atoms with van der Waals surface area (Å²) in [5.74, 6) is 1.63. The van der Waals surface area contributed by atoms with Crippen LogP contribution in [0.5, 0.6) is 5.75 Å². The lowest BCUT2D eigenvalue weighted by Gasteiger charge is -2.05. The molecule has 1 heterocycles. The van der Waals surface area contributed by atoms with Crippen LogP contribution in [0, 0.1) is 6.92 Å². The minimum atomic E-state index is 0.808. The van der Waals surface area contributed by atoms with Gasteiger partial charge < -0.3 is 9.15 Å². The summed E-state index contributed by atoms with van der Waals surface area (Å²) in [6, 6.07) is 26.3. The van der Waals surface area contributed by atoms with Crippen LogP contribution in [-0.4, -0.2) is 7.11 Å². The third-order valence-corrected chi connectivity index (χ3v) is 4.35. The van der Waals surface area contributed by atoms with Crippen LogP contribution in [0.2, 0.25) is 0 Å². The average Bonchev–Trinajstić information content (AvgIpc) is 2.69. The predicted molar refractivity (Wildman–Crippen MR) is 103 cm³/mol. The molecule has 0 aliphatic rings. The van der Waals surface area contributed by atoms with E-state index in [9.17, 15) is 0 Å². The molecule has 4 aromatic rings. The molecule has 3 nitrogen and oxygen atoms in total. The van der Waals surface area contributed by atoms with Gasteiger partial charge in [0.2, 0.25) is 11.0 Å². The highest BCUT2D eigenvalue weighted by Gasteiger charge is 2.10. The molecule has 0 atom stereocenters. The van der Waals surface area contributed by atoms with Crippen molar-refractivity contribution in [2.75, 3.05) is 7.11 Å². The number of hydrogen-bond donors (Lipinski definition) is 1. The molecular formula is C23H20NO2+. The summed E-state index contributed by atoms with van der Waals surface area (Å²) >= 11 is 0. The van der Waals surface area contributed by atoms with E-state index in [4.69, 9.17) is 9.15 Å². The Morgan fingerprint density at radius 2 is 1.62 bits per heavy atom. The first kappa shape index (κ1) is 16.2. The first-order chi connectivity index (χ1) is 12.7. The zero-order chi connectivity index (χ0) is 17.9. The van der Waals surface area contributed by atoms with E-state index in [1.165, 1.54) is 5.56 Å². The van der Waals surface area contributed by atoms with Gasteiger partial charge in [0.15, 0.2) is 0 Å². The topological polar surface area (TPSA) is 36.3 Å². The number of benzene rings is 3. The zero-order valence-electron chi connectivity index (χ0n) is 14.8. The lowest BCUT2D eigenvalue weighted by atomic mass is 10.1. The van der Waals surface area contributed by atoms with Gasteiger partial charge in [0, 0.05) is 17.7 Å². The van der Waals surface area contributed by atoms with Crippen molar-refractivity contribution in [1.29, 1.82) is 0 Å². The van der Waals surface area contributed by atoms with E-state index in [1.807, 2.05) is 48.5 Å². The fourth-order valence-electron chi connectivity index (χ4n) is 2.98. The summed E-state index contributed by atoms with van der Waals surface area (Å²) < 4.78 is 11.4. The number of aryl methyl sites for hydroxylation is 1. The minimum Gasteiger partial charge on any atom is -0.497 e. The molecule has 3 heteroatoms. The number of ether oxygens (including phenoxy) is 1. The highest BCUT2D eigenvalue weighted by atomic mass is 16.5. The second kappa shape index (κ2) is 6.89. The molecule has 0 aliphatic carbocycles. The van der Waals surface area contributed by atoms with Gasteiger partial charge in [0.25, 0.3) is 0 Å². The molecule has 1 N–H and O–H groups in total. The van der Waals surface area contributed by atoms with Crippen LogP contribution in [0.1, 0.15) is 5.56 Å². The van der Waals surface area contributed by atoms with Gasteiger partial charge in [-0.1, -0.05) is 29.8 Å². The van der Waals surface area contributed by atoms with Crippen molar-refractivity contribution in [3.05, 3.63) is 89.8 Å². The molecule has 3 aromatic carbocycles. The van der Waals surface area contributed by atoms with Gasteiger partial charge in [-0.15, -0.1) is 0 Å². The van der Waals surface area contributed by atoms with Gasteiger partial charge in [-0.25, -0.2) is 4.99 Å². The summed E-state index contributed by atoms with van der Waals surface area (Å²) in [6.07, 6.45) is 0. The van der Waals surface area contributed by atoms with Crippen molar-refractivity contribution in [1.82, 2.24) is 0 Å². The van der Waals surface area contributed by atoms with Gasteiger partial charge in [-0.3, -0.25) is 0 Å². The van der Waals surface area contributed by atoms with Gasteiger partial charge in [0.1, 0.15) is 17.1 Å². The molecule has 0 fully saturated rings. The molecule has 0 saturated carbocycles. The normalized spacial score (nSPS) is 11.7. The number of nitrogens with one attached hydrogen (secondary N) is 1. The standard InChI is InChI=1S/C23H19NO2/c1-16-8-13-22-20(14-16)21(24-18-6-4-3-5-7-18)15-23(26-22)17-9-11-19(25-2)12-10-17/h3-15H,1-2H3/p+1. The van der Waals surface area contributed by atoms with Crippen molar-refractivity contribution in [2.45, 2.75) is 6.92 Å². The molecule has 0 unspecified atom stereocenters. The van der Waals surface area contributed by atoms with Crippen LogP contribution in [-0.2, 0) is 0 Å². The molecule has 0 bridgehead atoms. The smallest absolute Gasteiger partial charge is 0.218 e. The second-order valence-corrected chi connectivity index (χ2v) is 6.24. The lowest BCUT2D eigenvalue weighted by Crippen LogP contribution is -2.70. The molecule has 1 aromatic heterocycles. The Morgan fingerprint density at radius 1 is 0.846 bits per heavy atom. The lowest BCUT2D eigenvalue weighted by molar-refractivity contribution is -0.400. The Balaban J connectivity index is 1.95. The largest absolute Gasteiger partial charge is 0.497 e. The fraction of sp³-hybridized carbons (Fsp3) is 0.0870. The Kier molecular flexibility index (Phi) is 4.28. The van der Waals surface area contributed by atoms with E-state index in [0.717, 1.165) is 39.1 Å². The van der Waals surface area contributed by atoms with Gasteiger partial charge in [-0.05, 0) is 43.3 Å². The fourth-order valence-corrected chi connectivity index (χ4v) is 2.98. The van der Waals surface area contributed by atoms with E-state index in [1.54, 1.807) is 7.11 Å². The maximum Gasteiger partial charge on any atom is 0.218 e. The molecule has 0 amide bonds. The molecule has 0 aliphatic heterocycles. The van der Waals surface area contributed by atoms with Crippen LogP contribution >= 0.6 is 0 Å². The molecule has 0 spiro atoms. The molecular weight excluding hydrogens is 322 g/mol. The SMILES string of the molecule is COc1ccc(-c2cc(=[NH+]c3ccccc3)c3cc(C)ccc3o2)cc1. The van der Waals surface area contributed by atoms with E-state index < -0.39 is 0 Å². The Hall–Kier alpha value is -3.33. The highest BCUT2D eigenvalue weighted by molar-refractivity contribution is 5.78. The number of para-hydroxylation sites is 1. The van der Waals surface area contributed by atoms with E-state index >= 15 is 0 Å². The van der Waals surface area contributed by atoms with Crippen LogP contribution in [0.25, 0.3) is 22.3 Å². The van der Waals surface area contributed by atoms with E-state index in [0.29, 0.717) is 0 Å². The third-order valence-electron chi connectivity index (χ3n) is 4.35. The average molecular weight is 342 g/mol. The maximum atomic E-state index is 6.17. The summed E-state index contributed by atoms with van der Waals surface area (Å²) in [5.41, 5.74) is 4.09. The number of rotatable bonds is 3. The van der Waals surface area contributed by atoms with E-state index in [2.05, 4.69) is 42.2 Å². The molecule has 26 heavy (non-hydrogen) atoms. The zero-order valence-corrected chi connectivity index (χ0v) is 14.8. The third kappa shape index (κ3) is 3.24. The molecule has 128 valence electrons. The van der Waals surface area contributed by atoms with Crippen LogP contribution in [0.4, 0.5) is 5.69 Å². The van der Waals surface area contributed by atoms with E-state index in [-0.39, 0.29) is 0 Å². The Labute approximate surface area is 152 Å². The summed E-state index contributed by atoms with van der Waals surface area (Å²) in [5, 5.41) is 2.08. The number of hydrogen-bond acceptors (Lipinski definition) is 2. The Morgan fingerprint density at radius 3 is 2.35 bits per heavy atom. The summed E-state index contributed by atoms with van der Waals surface area (Å²) in [6.45, 7) is 2.09. The van der Waals surface area contributed by atoms with Crippen molar-refractivity contribution >= 4 is 16.7 Å². The monoisotopic (exact) mass is 342 g/mol. The molecule has 0 saturated heterocycles. The minimum absolute atomic E-state index is 0.808. The van der Waals surface area contributed by atoms with Crippen molar-refractivity contribution in [2.24, 2.45) is 0 Å². The van der Waals surface area contributed by atoms with Gasteiger partial charge >= 0.3 is 0 Å².